The number of hydrogen-bond acceptors (Lipinski definition) is 3. The molecule has 0 radical (unpaired) electrons. The third kappa shape index (κ3) is 2.97. The summed E-state index contributed by atoms with van der Waals surface area (Å²) in [6.07, 6.45) is 1.49. The number of aromatic carboxylic acids is 1. The molecular weight excluding hydrogens is 342 g/mol. The molecule has 0 spiro atoms. The fourth-order valence-electron chi connectivity index (χ4n) is 1.68. The van der Waals surface area contributed by atoms with Gasteiger partial charge in [0.25, 0.3) is 0 Å². The third-order valence-corrected chi connectivity index (χ3v) is 2.86. The number of hydrogen-bond donors (Lipinski definition) is 0. The molecule has 0 aliphatic carbocycles. The molecule has 5 heteroatoms. The van der Waals surface area contributed by atoms with Crippen molar-refractivity contribution < 1.29 is 32.3 Å². The smallest absolute Gasteiger partial charge is 0.545 e. The van der Waals surface area contributed by atoms with Crippen molar-refractivity contribution in [2.24, 2.45) is 7.05 Å². The monoisotopic (exact) mass is 351 g/mol. The molecule has 1 heterocycles. The van der Waals surface area contributed by atoms with Gasteiger partial charge in [0.05, 0.1) is 10.5 Å². The molecule has 0 saturated carbocycles. The summed E-state index contributed by atoms with van der Waals surface area (Å²) in [7, 11) is 1.78. The summed E-state index contributed by atoms with van der Waals surface area (Å²) in [5, 5.41) is 10.8. The second kappa shape index (κ2) is 6.11. The summed E-state index contributed by atoms with van der Waals surface area (Å²) in [4.78, 5) is 10.8. The van der Waals surface area contributed by atoms with Crippen molar-refractivity contribution in [3.05, 3.63) is 52.7 Å². The van der Waals surface area contributed by atoms with Crippen LogP contribution in [-0.4, -0.2) is 10.5 Å². The van der Waals surface area contributed by atoms with Gasteiger partial charge in [0, 0.05) is 24.5 Å². The van der Waals surface area contributed by atoms with Crippen LogP contribution in [0.15, 0.2) is 42.6 Å². The molecule has 2 rings (SSSR count). The Hall–Kier alpha value is -1.20. The minimum atomic E-state index is -1.25. The van der Waals surface area contributed by atoms with Crippen LogP contribution < -0.4 is 5.11 Å². The number of carbonyl (C=O) groups excluding carboxylic acids is 1. The van der Waals surface area contributed by atoms with Crippen molar-refractivity contribution in [2.45, 2.75) is 0 Å². The topological polar surface area (TPSA) is 45.1 Å². The largest absolute Gasteiger partial charge is 1.00 e. The van der Waals surface area contributed by atoms with E-state index in [9.17, 15) is 9.90 Å². The minimum Gasteiger partial charge on any atom is -0.545 e. The number of aromatic nitrogens is 1. The number of carboxylic acid groups (broad SMARTS) is 1. The molecule has 0 bridgehead atoms. The van der Waals surface area contributed by atoms with Crippen LogP contribution in [0.5, 0.6) is 0 Å². The van der Waals surface area contributed by atoms with E-state index in [0.29, 0.717) is 4.51 Å². The predicted molar refractivity (Wildman–Crippen MR) is 66.0 cm³/mol. The first-order valence-corrected chi connectivity index (χ1v) is 5.48. The summed E-state index contributed by atoms with van der Waals surface area (Å²) in [6, 6.07) is 11.3. The fourth-order valence-corrected chi connectivity index (χ4v) is 1.93. The first-order valence-electron chi connectivity index (χ1n) is 5.07. The molecule has 0 aliphatic rings. The van der Waals surface area contributed by atoms with E-state index in [2.05, 4.69) is 0 Å². The van der Waals surface area contributed by atoms with Gasteiger partial charge >= 0.3 is 22.4 Å². The summed E-state index contributed by atoms with van der Waals surface area (Å²) in [6.45, 7) is 0. The van der Waals surface area contributed by atoms with E-state index in [1.54, 1.807) is 17.7 Å². The Labute approximate surface area is 126 Å². The van der Waals surface area contributed by atoms with E-state index in [0.717, 1.165) is 11.3 Å². The Morgan fingerprint density at radius 1 is 1.28 bits per heavy atom. The standard InChI is InChI=1S/C13H11NO2S.Ag/c1-14-8-10(13(15)16)12(17)7-11(14)9-5-3-2-4-6-9;/h2-8H,1H3,(H,15,16);/q;+1/p-1. The molecule has 96 valence electrons. The molecule has 18 heavy (non-hydrogen) atoms. The van der Waals surface area contributed by atoms with Gasteiger partial charge < -0.3 is 14.5 Å². The van der Waals surface area contributed by atoms with Crippen molar-refractivity contribution >= 4 is 18.2 Å². The molecule has 1 aromatic heterocycles. The van der Waals surface area contributed by atoms with Crippen LogP contribution in [0.2, 0.25) is 0 Å². The summed E-state index contributed by atoms with van der Waals surface area (Å²) >= 11 is 5.04. The average Bonchev–Trinajstić information content (AvgIpc) is 2.32. The zero-order chi connectivity index (χ0) is 12.4. The number of benzene rings is 1. The number of rotatable bonds is 2. The van der Waals surface area contributed by atoms with Gasteiger partial charge in [0.2, 0.25) is 0 Å². The third-order valence-electron chi connectivity index (χ3n) is 2.53. The van der Waals surface area contributed by atoms with E-state index in [4.69, 9.17) is 12.2 Å². The molecule has 0 N–H and O–H groups in total. The van der Waals surface area contributed by atoms with Crippen LogP contribution in [0.4, 0.5) is 0 Å². The maximum Gasteiger partial charge on any atom is 1.00 e. The Morgan fingerprint density at radius 2 is 1.89 bits per heavy atom. The summed E-state index contributed by atoms with van der Waals surface area (Å²) in [5.74, 6) is -1.25. The molecule has 0 saturated heterocycles. The van der Waals surface area contributed by atoms with Gasteiger partial charge in [-0.15, -0.1) is 0 Å². The minimum absolute atomic E-state index is 0. The van der Waals surface area contributed by atoms with Crippen molar-refractivity contribution in [1.82, 2.24) is 4.57 Å². The SMILES string of the molecule is Cn1cc(C(=O)[O-])c(=S)cc1-c1ccccc1.[Ag+]. The maximum atomic E-state index is 10.8. The van der Waals surface area contributed by atoms with Crippen LogP contribution in [0.25, 0.3) is 11.3 Å². The van der Waals surface area contributed by atoms with Gasteiger partial charge in [-0.05, 0) is 11.6 Å². The summed E-state index contributed by atoms with van der Waals surface area (Å²) in [5.41, 5.74) is 1.91. The zero-order valence-corrected chi connectivity index (χ0v) is 11.8. The first-order chi connectivity index (χ1) is 8.09. The van der Waals surface area contributed by atoms with E-state index in [1.165, 1.54) is 6.20 Å². The Balaban J connectivity index is 0.00000162. The van der Waals surface area contributed by atoms with E-state index in [-0.39, 0.29) is 27.9 Å². The fraction of sp³-hybridized carbons (Fsp3) is 0.0769. The van der Waals surface area contributed by atoms with Crippen LogP contribution in [0, 0.1) is 4.51 Å². The molecule has 0 atom stereocenters. The van der Waals surface area contributed by atoms with Crippen LogP contribution in [0.1, 0.15) is 10.4 Å². The quantitative estimate of drug-likeness (QED) is 0.612. The van der Waals surface area contributed by atoms with Crippen molar-refractivity contribution in [2.75, 3.05) is 0 Å². The van der Waals surface area contributed by atoms with Crippen molar-refractivity contribution in [1.29, 1.82) is 0 Å². The van der Waals surface area contributed by atoms with E-state index >= 15 is 0 Å². The van der Waals surface area contributed by atoms with Crippen molar-refractivity contribution in [3.8, 4) is 11.3 Å². The average molecular weight is 352 g/mol. The molecule has 0 aliphatic heterocycles. The second-order valence-electron chi connectivity index (χ2n) is 3.70. The van der Waals surface area contributed by atoms with E-state index in [1.807, 2.05) is 30.3 Å². The second-order valence-corrected chi connectivity index (χ2v) is 4.14. The Morgan fingerprint density at radius 3 is 2.44 bits per heavy atom. The maximum absolute atomic E-state index is 10.8. The number of carbonyl (C=O) groups is 1. The van der Waals surface area contributed by atoms with Gasteiger partial charge in [-0.1, -0.05) is 42.5 Å². The van der Waals surface area contributed by atoms with E-state index < -0.39 is 5.97 Å². The normalized spacial score (nSPS) is 9.61. The number of pyridine rings is 1. The van der Waals surface area contributed by atoms with Crippen LogP contribution in [0.3, 0.4) is 0 Å². The van der Waals surface area contributed by atoms with Crippen LogP contribution in [-0.2, 0) is 29.4 Å². The predicted octanol–water partition coefficient (Wildman–Crippen LogP) is 1.78. The van der Waals surface area contributed by atoms with Crippen molar-refractivity contribution in [3.63, 3.8) is 0 Å². The molecule has 3 nitrogen and oxygen atoms in total. The van der Waals surface area contributed by atoms with Crippen LogP contribution >= 0.6 is 12.2 Å². The van der Waals surface area contributed by atoms with Gasteiger partial charge in [-0.2, -0.15) is 0 Å². The van der Waals surface area contributed by atoms with Gasteiger partial charge in [0.1, 0.15) is 0 Å². The molecule has 0 fully saturated rings. The number of aryl methyl sites for hydroxylation is 1. The van der Waals surface area contributed by atoms with Gasteiger partial charge in [-0.3, -0.25) is 0 Å². The first kappa shape index (κ1) is 14.9. The summed E-state index contributed by atoms with van der Waals surface area (Å²) < 4.78 is 2.03. The molecule has 0 amide bonds. The molecule has 1 aromatic carbocycles. The van der Waals surface area contributed by atoms with Gasteiger partial charge in [0.15, 0.2) is 0 Å². The number of nitrogens with zero attached hydrogens (tertiary/aromatic N) is 1. The molecule has 2 aromatic rings. The molecule has 0 unspecified atom stereocenters. The Bertz CT molecular complexity index is 623. The molecular formula is C13H10AgNO2S. The Kier molecular flexibility index (Phi) is 5.04. The number of carboxylic acids is 1. The zero-order valence-electron chi connectivity index (χ0n) is 9.51. The van der Waals surface area contributed by atoms with Gasteiger partial charge in [-0.25, -0.2) is 0 Å².